The van der Waals surface area contributed by atoms with Gasteiger partial charge in [0.2, 0.25) is 0 Å². The van der Waals surface area contributed by atoms with E-state index >= 15 is 0 Å². The number of ether oxygens (including phenoxy) is 1. The van der Waals surface area contributed by atoms with Gasteiger partial charge in [-0.1, -0.05) is 0 Å². The van der Waals surface area contributed by atoms with Gasteiger partial charge in [-0.25, -0.2) is 9.78 Å². The van der Waals surface area contributed by atoms with E-state index in [1.54, 1.807) is 14.0 Å². The minimum Gasteiger partial charge on any atom is -0.478 e. The Hall–Kier alpha value is -1.95. The maximum atomic E-state index is 11.8. The lowest BCUT2D eigenvalue weighted by atomic mass is 10.2. The van der Waals surface area contributed by atoms with Crippen LogP contribution in [0.25, 0.3) is 0 Å². The second-order valence-corrected chi connectivity index (χ2v) is 4.44. The van der Waals surface area contributed by atoms with Crippen molar-refractivity contribution < 1.29 is 19.4 Å². The summed E-state index contributed by atoms with van der Waals surface area (Å²) >= 11 is 0. The summed E-state index contributed by atoms with van der Waals surface area (Å²) in [5, 5.41) is 11.7. The molecule has 0 saturated carbocycles. The number of amides is 1. The number of carboxylic acid groups (broad SMARTS) is 1. The number of carboxylic acids is 1. The van der Waals surface area contributed by atoms with Gasteiger partial charge < -0.3 is 15.2 Å². The summed E-state index contributed by atoms with van der Waals surface area (Å²) in [4.78, 5) is 26.7. The number of unbranched alkanes of at least 4 members (excludes halogenated alkanes) is 2. The number of carbonyl (C=O) groups is 2. The molecule has 0 aromatic carbocycles. The van der Waals surface area contributed by atoms with Gasteiger partial charge in [-0.3, -0.25) is 4.79 Å². The maximum Gasteiger partial charge on any atom is 0.337 e. The first kappa shape index (κ1) is 16.1. The normalized spacial score (nSPS) is 10.3. The first-order valence-electron chi connectivity index (χ1n) is 6.54. The van der Waals surface area contributed by atoms with Crippen LogP contribution in [0, 0.1) is 6.92 Å². The van der Waals surface area contributed by atoms with Crippen LogP contribution >= 0.6 is 0 Å². The molecule has 0 aliphatic carbocycles. The van der Waals surface area contributed by atoms with Crippen molar-refractivity contribution in [1.82, 2.24) is 10.3 Å². The summed E-state index contributed by atoms with van der Waals surface area (Å²) in [5.41, 5.74) is 0.691. The first-order valence-corrected chi connectivity index (χ1v) is 6.54. The molecule has 0 aliphatic heterocycles. The topological polar surface area (TPSA) is 88.5 Å². The lowest BCUT2D eigenvalue weighted by Gasteiger charge is -2.06. The monoisotopic (exact) mass is 280 g/mol. The molecule has 2 N–H and O–H groups in total. The summed E-state index contributed by atoms with van der Waals surface area (Å²) in [6, 6.07) is 2.83. The zero-order chi connectivity index (χ0) is 15.0. The average Bonchev–Trinajstić information content (AvgIpc) is 2.41. The van der Waals surface area contributed by atoms with Crippen LogP contribution in [0.3, 0.4) is 0 Å². The Morgan fingerprint density at radius 3 is 2.65 bits per heavy atom. The van der Waals surface area contributed by atoms with E-state index < -0.39 is 5.97 Å². The molecule has 1 rings (SSSR count). The molecule has 0 radical (unpaired) electrons. The van der Waals surface area contributed by atoms with Crippen molar-refractivity contribution in [3.63, 3.8) is 0 Å². The Kier molecular flexibility index (Phi) is 6.66. The number of nitrogens with zero attached hydrogens (tertiary/aromatic N) is 1. The van der Waals surface area contributed by atoms with Crippen LogP contribution in [0.4, 0.5) is 0 Å². The number of aromatic carboxylic acids is 1. The minimum absolute atomic E-state index is 0.112. The minimum atomic E-state index is -1.04. The van der Waals surface area contributed by atoms with Crippen LogP contribution in [-0.4, -0.2) is 42.2 Å². The van der Waals surface area contributed by atoms with Gasteiger partial charge in [-0.2, -0.15) is 0 Å². The van der Waals surface area contributed by atoms with E-state index in [0.717, 1.165) is 25.9 Å². The smallest absolute Gasteiger partial charge is 0.337 e. The van der Waals surface area contributed by atoms with Crippen molar-refractivity contribution in [1.29, 1.82) is 0 Å². The molecule has 0 atom stereocenters. The highest BCUT2D eigenvalue weighted by Crippen LogP contribution is 2.07. The van der Waals surface area contributed by atoms with Gasteiger partial charge in [0.05, 0.1) is 11.3 Å². The van der Waals surface area contributed by atoms with E-state index in [9.17, 15) is 9.59 Å². The summed E-state index contributed by atoms with van der Waals surface area (Å²) in [6.45, 7) is 2.88. The maximum absolute atomic E-state index is 11.8. The quantitative estimate of drug-likeness (QED) is 0.707. The summed E-state index contributed by atoms with van der Waals surface area (Å²) < 4.78 is 4.94. The van der Waals surface area contributed by atoms with Gasteiger partial charge in [0.1, 0.15) is 5.69 Å². The molecule has 0 spiro atoms. The van der Waals surface area contributed by atoms with Gasteiger partial charge in [0.25, 0.3) is 5.91 Å². The molecule has 0 saturated heterocycles. The van der Waals surface area contributed by atoms with E-state index in [0.29, 0.717) is 12.2 Å². The summed E-state index contributed by atoms with van der Waals surface area (Å²) in [6.07, 6.45) is 2.83. The first-order chi connectivity index (χ1) is 9.56. The highest BCUT2D eigenvalue weighted by Gasteiger charge is 2.12. The summed E-state index contributed by atoms with van der Waals surface area (Å²) in [5.74, 6) is -1.32. The van der Waals surface area contributed by atoms with Crippen molar-refractivity contribution in [3.8, 4) is 0 Å². The van der Waals surface area contributed by atoms with Gasteiger partial charge in [-0.15, -0.1) is 0 Å². The number of methoxy groups -OCH3 is 1. The van der Waals surface area contributed by atoms with Crippen LogP contribution in [0.5, 0.6) is 0 Å². The molecule has 6 nitrogen and oxygen atoms in total. The number of hydrogen-bond donors (Lipinski definition) is 2. The standard InChI is InChI=1S/C14H20N2O4/c1-10-11(14(18)19)6-7-12(16-10)13(17)15-8-4-3-5-9-20-2/h6-7H,3-5,8-9H2,1-2H3,(H,15,17)(H,18,19). The van der Waals surface area contributed by atoms with Crippen LogP contribution < -0.4 is 5.32 Å². The Balaban J connectivity index is 2.44. The highest BCUT2D eigenvalue weighted by molar-refractivity contribution is 5.94. The number of hydrogen-bond acceptors (Lipinski definition) is 4. The molecule has 1 aromatic heterocycles. The number of rotatable bonds is 8. The van der Waals surface area contributed by atoms with Crippen LogP contribution in [0.2, 0.25) is 0 Å². The SMILES string of the molecule is COCCCCCNC(=O)c1ccc(C(=O)O)c(C)n1. The Morgan fingerprint density at radius 2 is 2.05 bits per heavy atom. The zero-order valence-corrected chi connectivity index (χ0v) is 11.8. The zero-order valence-electron chi connectivity index (χ0n) is 11.8. The Bertz CT molecular complexity index is 474. The Morgan fingerprint density at radius 1 is 1.30 bits per heavy atom. The fraction of sp³-hybridized carbons (Fsp3) is 0.500. The highest BCUT2D eigenvalue weighted by atomic mass is 16.5. The van der Waals surface area contributed by atoms with Crippen molar-refractivity contribution >= 4 is 11.9 Å². The van der Waals surface area contributed by atoms with Gasteiger partial charge >= 0.3 is 5.97 Å². The molecule has 0 unspecified atom stereocenters. The number of pyridine rings is 1. The van der Waals surface area contributed by atoms with Crippen molar-refractivity contribution in [2.24, 2.45) is 0 Å². The van der Waals surface area contributed by atoms with Gasteiger partial charge in [-0.05, 0) is 38.3 Å². The molecule has 1 amide bonds. The van der Waals surface area contributed by atoms with Crippen molar-refractivity contribution in [2.75, 3.05) is 20.3 Å². The molecular weight excluding hydrogens is 260 g/mol. The lowest BCUT2D eigenvalue weighted by Crippen LogP contribution is -2.25. The van der Waals surface area contributed by atoms with E-state index in [4.69, 9.17) is 9.84 Å². The van der Waals surface area contributed by atoms with E-state index in [1.165, 1.54) is 12.1 Å². The predicted molar refractivity (Wildman–Crippen MR) is 74.0 cm³/mol. The largest absolute Gasteiger partial charge is 0.478 e. The fourth-order valence-corrected chi connectivity index (χ4v) is 1.75. The molecule has 1 heterocycles. The number of nitrogens with one attached hydrogen (secondary N) is 1. The Labute approximate surface area is 118 Å². The van der Waals surface area contributed by atoms with Crippen molar-refractivity contribution in [2.45, 2.75) is 26.2 Å². The molecule has 110 valence electrons. The summed E-state index contributed by atoms with van der Waals surface area (Å²) in [7, 11) is 1.66. The van der Waals surface area contributed by atoms with Crippen LogP contribution in [-0.2, 0) is 4.74 Å². The molecule has 0 bridgehead atoms. The van der Waals surface area contributed by atoms with Crippen molar-refractivity contribution in [3.05, 3.63) is 29.1 Å². The van der Waals surface area contributed by atoms with Gasteiger partial charge in [0.15, 0.2) is 0 Å². The van der Waals surface area contributed by atoms with Crippen LogP contribution in [0.15, 0.2) is 12.1 Å². The third-order valence-electron chi connectivity index (χ3n) is 2.86. The molecule has 6 heteroatoms. The number of aromatic nitrogens is 1. The molecule has 1 aromatic rings. The molecule has 0 fully saturated rings. The third kappa shape index (κ3) is 4.97. The predicted octanol–water partition coefficient (Wildman–Crippen LogP) is 1.63. The number of aryl methyl sites for hydroxylation is 1. The average molecular weight is 280 g/mol. The second-order valence-electron chi connectivity index (χ2n) is 4.44. The molecule has 0 aliphatic rings. The fourth-order valence-electron chi connectivity index (χ4n) is 1.75. The molecular formula is C14H20N2O4. The molecule has 20 heavy (non-hydrogen) atoms. The number of carbonyl (C=O) groups excluding carboxylic acids is 1. The van der Waals surface area contributed by atoms with Gasteiger partial charge in [0, 0.05) is 20.3 Å². The second kappa shape index (κ2) is 8.27. The van der Waals surface area contributed by atoms with Crippen LogP contribution in [0.1, 0.15) is 45.8 Å². The lowest BCUT2D eigenvalue weighted by molar-refractivity contribution is 0.0694. The van der Waals surface area contributed by atoms with E-state index in [-0.39, 0.29) is 17.2 Å². The van der Waals surface area contributed by atoms with E-state index in [2.05, 4.69) is 10.3 Å². The third-order valence-corrected chi connectivity index (χ3v) is 2.86. The van der Waals surface area contributed by atoms with E-state index in [1.807, 2.05) is 0 Å².